The van der Waals surface area contributed by atoms with Gasteiger partial charge in [0, 0.05) is 23.0 Å². The number of fused-ring (bicyclic) bond motifs is 3. The Morgan fingerprint density at radius 1 is 1.27 bits per heavy atom. The largest absolute Gasteiger partial charge is 0.459 e. The van der Waals surface area contributed by atoms with Crippen LogP contribution >= 0.6 is 0 Å². The molecule has 1 heterocycles. The van der Waals surface area contributed by atoms with Gasteiger partial charge >= 0.3 is 11.9 Å². The quantitative estimate of drug-likeness (QED) is 0.269. The van der Waals surface area contributed by atoms with Crippen molar-refractivity contribution in [1.29, 1.82) is 0 Å². The standard InChI is InChI=1S/C23H32O7/c1-14(24)16(25)8-5-6-9-18(26)30-17-12-15-13-29-20(27)23(15,28)22(4)11-7-10-21(2,3)19(17)22/h5-6,8-9,12,14,16-17,19,24-25,28H,7,10-11,13H2,1-4H3/t14-,16-,17-,19+,22+,23+/m1/s1. The number of esters is 2. The fourth-order valence-electron chi connectivity index (χ4n) is 5.59. The van der Waals surface area contributed by atoms with Gasteiger partial charge in [-0.25, -0.2) is 9.59 Å². The third-order valence-electron chi connectivity index (χ3n) is 7.08. The van der Waals surface area contributed by atoms with E-state index in [9.17, 15) is 24.9 Å². The molecule has 0 spiro atoms. The van der Waals surface area contributed by atoms with Crippen LogP contribution in [0.2, 0.25) is 0 Å². The molecule has 2 aliphatic carbocycles. The number of cyclic esters (lactones) is 1. The predicted octanol–water partition coefficient (Wildman–Crippen LogP) is 1.81. The first-order valence-electron chi connectivity index (χ1n) is 10.5. The lowest BCUT2D eigenvalue weighted by molar-refractivity contribution is -0.194. The Labute approximate surface area is 177 Å². The van der Waals surface area contributed by atoms with Gasteiger partial charge in [-0.05, 0) is 31.3 Å². The molecule has 166 valence electrons. The zero-order valence-corrected chi connectivity index (χ0v) is 18.0. The molecule has 0 bridgehead atoms. The topological polar surface area (TPSA) is 113 Å². The maximum absolute atomic E-state index is 12.5. The molecule has 0 aromatic carbocycles. The Balaban J connectivity index is 1.86. The van der Waals surface area contributed by atoms with Gasteiger partial charge in [0.2, 0.25) is 0 Å². The minimum absolute atomic E-state index is 0.00192. The summed E-state index contributed by atoms with van der Waals surface area (Å²) in [6, 6.07) is 0. The fourth-order valence-corrected chi connectivity index (χ4v) is 5.59. The van der Waals surface area contributed by atoms with Crippen molar-refractivity contribution < 1.29 is 34.4 Å². The van der Waals surface area contributed by atoms with Gasteiger partial charge in [0.05, 0.1) is 12.2 Å². The van der Waals surface area contributed by atoms with E-state index in [1.54, 1.807) is 6.08 Å². The lowest BCUT2D eigenvalue weighted by Crippen LogP contribution is -2.65. The van der Waals surface area contributed by atoms with Gasteiger partial charge in [-0.1, -0.05) is 45.4 Å². The highest BCUT2D eigenvalue weighted by Crippen LogP contribution is 2.63. The second-order valence-corrected chi connectivity index (χ2v) is 9.59. The predicted molar refractivity (Wildman–Crippen MR) is 109 cm³/mol. The monoisotopic (exact) mass is 420 g/mol. The summed E-state index contributed by atoms with van der Waals surface area (Å²) in [5.41, 5.74) is -2.29. The number of allylic oxidation sites excluding steroid dienone is 2. The Hall–Kier alpha value is -1.96. The Morgan fingerprint density at radius 2 is 1.97 bits per heavy atom. The average Bonchev–Trinajstić information content (AvgIpc) is 2.94. The van der Waals surface area contributed by atoms with Crippen LogP contribution in [-0.4, -0.2) is 57.8 Å². The Bertz CT molecular complexity index is 793. The number of carbonyl (C=O) groups is 2. The van der Waals surface area contributed by atoms with Crippen molar-refractivity contribution in [3.63, 3.8) is 0 Å². The number of carbonyl (C=O) groups excluding carboxylic acids is 2. The van der Waals surface area contributed by atoms with E-state index in [0.29, 0.717) is 12.0 Å². The highest BCUT2D eigenvalue weighted by molar-refractivity contribution is 5.88. The molecule has 0 aromatic rings. The first kappa shape index (κ1) is 22.7. The molecule has 6 atom stereocenters. The first-order chi connectivity index (χ1) is 13.9. The summed E-state index contributed by atoms with van der Waals surface area (Å²) in [7, 11) is 0. The van der Waals surface area contributed by atoms with Gasteiger partial charge in [-0.15, -0.1) is 0 Å². The van der Waals surface area contributed by atoms with Gasteiger partial charge in [0.15, 0.2) is 5.60 Å². The molecule has 2 fully saturated rings. The van der Waals surface area contributed by atoms with E-state index in [0.717, 1.165) is 12.8 Å². The number of hydrogen-bond acceptors (Lipinski definition) is 7. The second kappa shape index (κ2) is 7.94. The van der Waals surface area contributed by atoms with E-state index in [4.69, 9.17) is 9.47 Å². The van der Waals surface area contributed by atoms with Crippen LogP contribution in [0.25, 0.3) is 0 Å². The van der Waals surface area contributed by atoms with Crippen LogP contribution in [0.5, 0.6) is 0 Å². The smallest absolute Gasteiger partial charge is 0.343 e. The van der Waals surface area contributed by atoms with E-state index in [1.807, 2.05) is 6.92 Å². The minimum Gasteiger partial charge on any atom is -0.459 e. The SMILES string of the molecule is C[C@@H](O)[C@H](O)C=CC=CC(=O)O[C@@H]1C=C2COC(=O)[C@]2(O)[C@@]2(C)CCCC(C)(C)[C@H]12. The third-order valence-corrected chi connectivity index (χ3v) is 7.08. The van der Waals surface area contributed by atoms with Crippen LogP contribution in [0, 0.1) is 16.7 Å². The zero-order valence-electron chi connectivity index (χ0n) is 18.0. The molecule has 0 unspecified atom stereocenters. The van der Waals surface area contributed by atoms with E-state index in [2.05, 4.69) is 13.8 Å². The summed E-state index contributed by atoms with van der Waals surface area (Å²) in [6.07, 6.45) is 7.07. The van der Waals surface area contributed by atoms with Gasteiger partial charge in [-0.3, -0.25) is 0 Å². The summed E-state index contributed by atoms with van der Waals surface area (Å²) in [5.74, 6) is -1.44. The summed E-state index contributed by atoms with van der Waals surface area (Å²) >= 11 is 0. The fraction of sp³-hybridized carbons (Fsp3) is 0.652. The molecule has 30 heavy (non-hydrogen) atoms. The van der Waals surface area contributed by atoms with Crippen molar-refractivity contribution in [3.05, 3.63) is 36.0 Å². The van der Waals surface area contributed by atoms with Crippen LogP contribution in [0.3, 0.4) is 0 Å². The normalized spacial score (nSPS) is 37.3. The van der Waals surface area contributed by atoms with Crippen molar-refractivity contribution in [2.45, 2.75) is 70.9 Å². The molecule has 7 nitrogen and oxygen atoms in total. The first-order valence-corrected chi connectivity index (χ1v) is 10.5. The maximum atomic E-state index is 12.5. The highest BCUT2D eigenvalue weighted by atomic mass is 16.6. The van der Waals surface area contributed by atoms with Gasteiger partial charge in [-0.2, -0.15) is 0 Å². The number of ether oxygens (including phenoxy) is 2. The van der Waals surface area contributed by atoms with Crippen molar-refractivity contribution in [2.75, 3.05) is 6.61 Å². The molecule has 3 aliphatic rings. The number of hydrogen-bond donors (Lipinski definition) is 3. The number of rotatable bonds is 5. The molecular weight excluding hydrogens is 388 g/mol. The van der Waals surface area contributed by atoms with Crippen molar-refractivity contribution in [2.24, 2.45) is 16.7 Å². The molecule has 0 aromatic heterocycles. The lowest BCUT2D eigenvalue weighted by atomic mass is 9.46. The Kier molecular flexibility index (Phi) is 6.02. The zero-order chi connectivity index (χ0) is 22.3. The van der Waals surface area contributed by atoms with E-state index < -0.39 is 41.3 Å². The molecule has 3 rings (SSSR count). The number of aliphatic hydroxyl groups excluding tert-OH is 2. The molecule has 0 amide bonds. The summed E-state index contributed by atoms with van der Waals surface area (Å²) in [5, 5.41) is 30.2. The third kappa shape index (κ3) is 3.63. The lowest BCUT2D eigenvalue weighted by Gasteiger charge is -2.59. The van der Waals surface area contributed by atoms with Crippen LogP contribution < -0.4 is 0 Å². The summed E-state index contributed by atoms with van der Waals surface area (Å²) in [4.78, 5) is 25.0. The van der Waals surface area contributed by atoms with Gasteiger partial charge in [0.25, 0.3) is 0 Å². The van der Waals surface area contributed by atoms with Crippen LogP contribution in [0.4, 0.5) is 0 Å². The van der Waals surface area contributed by atoms with E-state index in [-0.39, 0.29) is 17.9 Å². The van der Waals surface area contributed by atoms with Crippen LogP contribution in [-0.2, 0) is 19.1 Å². The average molecular weight is 421 g/mol. The number of aliphatic hydroxyl groups is 3. The van der Waals surface area contributed by atoms with Crippen LogP contribution in [0.1, 0.15) is 47.0 Å². The molecule has 1 saturated heterocycles. The highest BCUT2D eigenvalue weighted by Gasteiger charge is 2.69. The molecule has 0 radical (unpaired) electrons. The van der Waals surface area contributed by atoms with Crippen molar-refractivity contribution in [1.82, 2.24) is 0 Å². The van der Waals surface area contributed by atoms with Gasteiger partial charge < -0.3 is 24.8 Å². The Morgan fingerprint density at radius 3 is 2.63 bits per heavy atom. The molecule has 1 aliphatic heterocycles. The summed E-state index contributed by atoms with van der Waals surface area (Å²) in [6.45, 7) is 7.52. The van der Waals surface area contributed by atoms with E-state index >= 15 is 0 Å². The van der Waals surface area contributed by atoms with Crippen molar-refractivity contribution >= 4 is 11.9 Å². The summed E-state index contributed by atoms with van der Waals surface area (Å²) < 4.78 is 11.0. The van der Waals surface area contributed by atoms with E-state index in [1.165, 1.54) is 31.2 Å². The second-order valence-electron chi connectivity index (χ2n) is 9.59. The molecule has 7 heteroatoms. The van der Waals surface area contributed by atoms with Gasteiger partial charge in [0.1, 0.15) is 12.7 Å². The van der Waals surface area contributed by atoms with Crippen LogP contribution in [0.15, 0.2) is 36.0 Å². The minimum atomic E-state index is -1.69. The maximum Gasteiger partial charge on any atom is 0.343 e. The molecule has 3 N–H and O–H groups in total. The van der Waals surface area contributed by atoms with Crippen molar-refractivity contribution in [3.8, 4) is 0 Å². The molecular formula is C23H32O7. The molecule has 1 saturated carbocycles.